The van der Waals surface area contributed by atoms with E-state index >= 15 is 0 Å². The second-order valence-electron chi connectivity index (χ2n) is 5.42. The van der Waals surface area contributed by atoms with Crippen molar-refractivity contribution in [3.8, 4) is 11.5 Å². The van der Waals surface area contributed by atoms with Crippen molar-refractivity contribution in [3.63, 3.8) is 0 Å². The average molecular weight is 292 g/mol. The number of hydrogen-bond donors (Lipinski definition) is 1. The van der Waals surface area contributed by atoms with E-state index in [-0.39, 0.29) is 0 Å². The molecular weight excluding hydrogens is 272 g/mol. The van der Waals surface area contributed by atoms with Crippen LogP contribution in [0.4, 0.5) is 5.69 Å². The summed E-state index contributed by atoms with van der Waals surface area (Å²) in [4.78, 5) is 0. The highest BCUT2D eigenvalue weighted by molar-refractivity contribution is 6.96. The zero-order valence-electron chi connectivity index (χ0n) is 12.7. The van der Waals surface area contributed by atoms with Gasteiger partial charge in [-0.2, -0.15) is 5.10 Å². The fourth-order valence-electron chi connectivity index (χ4n) is 1.86. The molecule has 0 spiro atoms. The van der Waals surface area contributed by atoms with Crippen molar-refractivity contribution in [1.82, 2.24) is 0 Å². The van der Waals surface area contributed by atoms with Crippen LogP contribution >= 0.6 is 0 Å². The molecule has 0 aliphatic rings. The lowest BCUT2D eigenvalue weighted by Gasteiger charge is -2.14. The van der Waals surface area contributed by atoms with Gasteiger partial charge in [0.2, 0.25) is 0 Å². The van der Waals surface area contributed by atoms with E-state index in [1.165, 1.54) is 5.19 Å². The summed E-state index contributed by atoms with van der Waals surface area (Å²) in [6, 6.07) is 20.4. The van der Waals surface area contributed by atoms with Crippen LogP contribution in [0.1, 0.15) is 6.92 Å². The SMILES string of the molecule is C/C(C#C[Si](C)(C)c1ccccc1)=N\Nc1ccccc1. The molecule has 0 radical (unpaired) electrons. The van der Waals surface area contributed by atoms with Crippen LogP contribution in [0.5, 0.6) is 0 Å². The quantitative estimate of drug-likeness (QED) is 0.397. The Labute approximate surface area is 127 Å². The maximum Gasteiger partial charge on any atom is 0.163 e. The van der Waals surface area contributed by atoms with Gasteiger partial charge in [-0.25, -0.2) is 0 Å². The van der Waals surface area contributed by atoms with E-state index in [2.05, 4.69) is 59.4 Å². The molecule has 21 heavy (non-hydrogen) atoms. The van der Waals surface area contributed by atoms with Crippen LogP contribution in [0.15, 0.2) is 65.8 Å². The lowest BCUT2D eigenvalue weighted by Crippen LogP contribution is -2.40. The summed E-state index contributed by atoms with van der Waals surface area (Å²) >= 11 is 0. The number of nitrogens with one attached hydrogen (secondary N) is 1. The van der Waals surface area contributed by atoms with Gasteiger partial charge < -0.3 is 0 Å². The van der Waals surface area contributed by atoms with Crippen LogP contribution in [0.2, 0.25) is 13.1 Å². The van der Waals surface area contributed by atoms with Crippen molar-refractivity contribution >= 4 is 24.7 Å². The molecule has 0 amide bonds. The predicted molar refractivity (Wildman–Crippen MR) is 94.5 cm³/mol. The maximum atomic E-state index is 4.31. The van der Waals surface area contributed by atoms with E-state index < -0.39 is 8.07 Å². The summed E-state index contributed by atoms with van der Waals surface area (Å²) in [5, 5.41) is 5.65. The first-order valence-electron chi connectivity index (χ1n) is 7.02. The standard InChI is InChI=1S/C18H20N2Si/c1-16(19-20-17-10-6-4-7-11-17)14-15-21(2,3)18-12-8-5-9-13-18/h4-13,20H,1-3H3/b19-16+. The molecule has 3 heteroatoms. The Hall–Kier alpha value is -2.31. The molecule has 0 aliphatic carbocycles. The Kier molecular flexibility index (Phi) is 4.97. The normalized spacial score (nSPS) is 11.5. The smallest absolute Gasteiger partial charge is 0.163 e. The number of benzene rings is 2. The highest BCUT2D eigenvalue weighted by atomic mass is 28.3. The molecule has 106 valence electrons. The van der Waals surface area contributed by atoms with Gasteiger partial charge >= 0.3 is 0 Å². The number of hydrazone groups is 1. The van der Waals surface area contributed by atoms with Crippen molar-refractivity contribution in [3.05, 3.63) is 60.7 Å². The number of nitrogens with zero attached hydrogens (tertiary/aromatic N) is 1. The molecule has 2 nitrogen and oxygen atoms in total. The first-order chi connectivity index (χ1) is 10.1. The van der Waals surface area contributed by atoms with E-state index in [1.54, 1.807) is 0 Å². The minimum atomic E-state index is -1.72. The first-order valence-corrected chi connectivity index (χ1v) is 10.0. The highest BCUT2D eigenvalue weighted by Gasteiger charge is 2.20. The molecule has 0 unspecified atom stereocenters. The molecule has 2 rings (SSSR count). The third-order valence-corrected chi connectivity index (χ3v) is 5.70. The molecule has 0 fully saturated rings. The number of hydrogen-bond acceptors (Lipinski definition) is 2. The Morgan fingerprint density at radius 1 is 0.952 bits per heavy atom. The molecule has 0 heterocycles. The summed E-state index contributed by atoms with van der Waals surface area (Å²) < 4.78 is 0. The van der Waals surface area contributed by atoms with Crippen molar-refractivity contribution in [1.29, 1.82) is 0 Å². The van der Waals surface area contributed by atoms with E-state index in [9.17, 15) is 0 Å². The van der Waals surface area contributed by atoms with Crippen LogP contribution in [0.3, 0.4) is 0 Å². The Balaban J connectivity index is 2.07. The van der Waals surface area contributed by atoms with Crippen molar-refractivity contribution in [2.75, 3.05) is 5.43 Å². The topological polar surface area (TPSA) is 24.4 Å². The number of para-hydroxylation sites is 1. The van der Waals surface area contributed by atoms with E-state index in [4.69, 9.17) is 0 Å². The lowest BCUT2D eigenvalue weighted by atomic mass is 10.3. The van der Waals surface area contributed by atoms with Gasteiger partial charge in [0.15, 0.2) is 8.07 Å². The number of anilines is 1. The molecule has 0 saturated heterocycles. The summed E-state index contributed by atoms with van der Waals surface area (Å²) in [5.74, 6) is 3.19. The molecule has 0 bridgehead atoms. The first kappa shape index (κ1) is 15.1. The van der Waals surface area contributed by atoms with Gasteiger partial charge in [0.1, 0.15) is 5.71 Å². The molecule has 1 N–H and O–H groups in total. The van der Waals surface area contributed by atoms with E-state index in [1.807, 2.05) is 43.3 Å². The third kappa shape index (κ3) is 4.62. The van der Waals surface area contributed by atoms with Gasteiger partial charge in [0, 0.05) is 0 Å². The van der Waals surface area contributed by atoms with E-state index in [0.29, 0.717) is 0 Å². The van der Waals surface area contributed by atoms with Crippen molar-refractivity contribution in [2.45, 2.75) is 20.0 Å². The van der Waals surface area contributed by atoms with Gasteiger partial charge in [0.05, 0.1) is 5.69 Å². The summed E-state index contributed by atoms with van der Waals surface area (Å²) in [6.07, 6.45) is 0. The second kappa shape index (κ2) is 6.92. The summed E-state index contributed by atoms with van der Waals surface area (Å²) in [5.41, 5.74) is 8.22. The van der Waals surface area contributed by atoms with Gasteiger partial charge in [-0.3, -0.25) is 5.43 Å². The molecule has 2 aromatic carbocycles. The van der Waals surface area contributed by atoms with Crippen molar-refractivity contribution < 1.29 is 0 Å². The van der Waals surface area contributed by atoms with Crippen LogP contribution in [0, 0.1) is 11.5 Å². The van der Waals surface area contributed by atoms with Gasteiger partial charge in [0.25, 0.3) is 0 Å². The summed E-state index contributed by atoms with van der Waals surface area (Å²) in [6.45, 7) is 6.44. The molecule has 0 aliphatic heterocycles. The fourth-order valence-corrected chi connectivity index (χ4v) is 3.53. The maximum absolute atomic E-state index is 4.31. The second-order valence-corrected chi connectivity index (χ2v) is 9.49. The molecule has 0 atom stereocenters. The third-order valence-electron chi connectivity index (χ3n) is 3.18. The highest BCUT2D eigenvalue weighted by Crippen LogP contribution is 2.04. The van der Waals surface area contributed by atoms with E-state index in [0.717, 1.165) is 11.4 Å². The van der Waals surface area contributed by atoms with Crippen LogP contribution in [-0.2, 0) is 0 Å². The van der Waals surface area contributed by atoms with Crippen LogP contribution < -0.4 is 10.6 Å². The zero-order valence-corrected chi connectivity index (χ0v) is 13.7. The molecule has 2 aromatic rings. The molecular formula is C18H20N2Si. The lowest BCUT2D eigenvalue weighted by molar-refractivity contribution is 1.33. The predicted octanol–water partition coefficient (Wildman–Crippen LogP) is 3.63. The Morgan fingerprint density at radius 2 is 1.52 bits per heavy atom. The largest absolute Gasteiger partial charge is 0.278 e. The monoisotopic (exact) mass is 292 g/mol. The van der Waals surface area contributed by atoms with Crippen molar-refractivity contribution in [2.24, 2.45) is 5.10 Å². The minimum absolute atomic E-state index is 0.801. The van der Waals surface area contributed by atoms with Crippen LogP contribution in [0.25, 0.3) is 0 Å². The zero-order chi connectivity index (χ0) is 15.1. The van der Waals surface area contributed by atoms with Gasteiger partial charge in [-0.1, -0.05) is 67.5 Å². The van der Waals surface area contributed by atoms with Gasteiger partial charge in [-0.15, -0.1) is 5.54 Å². The average Bonchev–Trinajstić information content (AvgIpc) is 2.53. The van der Waals surface area contributed by atoms with Gasteiger partial charge in [-0.05, 0) is 24.2 Å². The minimum Gasteiger partial charge on any atom is -0.278 e. The van der Waals surface area contributed by atoms with Crippen LogP contribution in [-0.4, -0.2) is 13.8 Å². The molecule has 0 aromatic heterocycles. The summed E-state index contributed by atoms with van der Waals surface area (Å²) in [7, 11) is -1.72. The Morgan fingerprint density at radius 3 is 2.14 bits per heavy atom. The number of rotatable bonds is 3. The Bertz CT molecular complexity index is 665. The molecule has 0 saturated carbocycles. The fraction of sp³-hybridized carbons (Fsp3) is 0.167.